The normalized spacial score (nSPS) is 14.3. The molecule has 2 heterocycles. The minimum Gasteiger partial charge on any atom is -0.469 e. The summed E-state index contributed by atoms with van der Waals surface area (Å²) in [5.41, 5.74) is 5.57. The molecule has 5 heteroatoms. The average molecular weight is 414 g/mol. The summed E-state index contributed by atoms with van der Waals surface area (Å²) in [6.45, 7) is 4.12. The maximum Gasteiger partial charge on any atom is 0.313 e. The zero-order valence-corrected chi connectivity index (χ0v) is 18.0. The molecule has 0 spiro atoms. The number of halogens is 1. The molecular weight excluding hydrogens is 390 g/mol. The van der Waals surface area contributed by atoms with E-state index in [1.165, 1.54) is 29.4 Å². The Kier molecular flexibility index (Phi) is 5.44. The predicted molar refractivity (Wildman–Crippen MR) is 116 cm³/mol. The van der Waals surface area contributed by atoms with Crippen LogP contribution in [-0.2, 0) is 22.4 Å². The number of aryl methyl sites for hydroxylation is 3. The van der Waals surface area contributed by atoms with Gasteiger partial charge in [0.25, 0.3) is 0 Å². The van der Waals surface area contributed by atoms with Crippen molar-refractivity contribution in [2.75, 3.05) is 7.11 Å². The minimum atomic E-state index is -0.311. The van der Waals surface area contributed by atoms with Crippen LogP contribution in [0, 0.1) is 6.92 Å². The van der Waals surface area contributed by atoms with Crippen LogP contribution >= 0.6 is 22.9 Å². The molecule has 0 N–H and O–H groups in total. The molecule has 4 rings (SSSR count). The smallest absolute Gasteiger partial charge is 0.313 e. The highest BCUT2D eigenvalue weighted by molar-refractivity contribution is 7.19. The molecule has 1 aromatic carbocycles. The molecule has 3 aromatic rings. The number of thiophene rings is 1. The van der Waals surface area contributed by atoms with Crippen molar-refractivity contribution >= 4 is 39.1 Å². The molecule has 0 radical (unpaired) electrons. The average Bonchev–Trinajstić information content (AvgIpc) is 3.26. The molecular formula is C23H24ClNO2S. The van der Waals surface area contributed by atoms with Crippen molar-refractivity contribution in [1.82, 2.24) is 4.98 Å². The number of aromatic nitrogens is 1. The maximum atomic E-state index is 12.7. The standard InChI is InChI=1S/C23H24ClNO2S/c1-4-6-17(23(26)27-3)19-13(2)25-22-21(16-7-5-8-18(16)28-22)20(19)14-9-11-15(24)12-10-14/h9-12,17H,4-8H2,1-3H3. The lowest BCUT2D eigenvalue weighted by molar-refractivity contribution is -0.142. The quantitative estimate of drug-likeness (QED) is 0.450. The van der Waals surface area contributed by atoms with Crippen LogP contribution in [-0.4, -0.2) is 18.1 Å². The fraction of sp³-hybridized carbons (Fsp3) is 0.391. The number of rotatable bonds is 5. The molecule has 28 heavy (non-hydrogen) atoms. The minimum absolute atomic E-state index is 0.187. The van der Waals surface area contributed by atoms with Gasteiger partial charge < -0.3 is 4.74 Å². The van der Waals surface area contributed by atoms with Crippen LogP contribution in [0.5, 0.6) is 0 Å². The van der Waals surface area contributed by atoms with Gasteiger partial charge in [0.05, 0.1) is 13.0 Å². The van der Waals surface area contributed by atoms with Gasteiger partial charge in [-0.25, -0.2) is 4.98 Å². The van der Waals surface area contributed by atoms with E-state index in [9.17, 15) is 4.79 Å². The first-order valence-corrected chi connectivity index (χ1v) is 11.0. The summed E-state index contributed by atoms with van der Waals surface area (Å²) in [5.74, 6) is -0.497. The van der Waals surface area contributed by atoms with Crippen LogP contribution in [0.1, 0.15) is 53.8 Å². The van der Waals surface area contributed by atoms with Gasteiger partial charge in [0.1, 0.15) is 4.83 Å². The predicted octanol–water partition coefficient (Wildman–Crippen LogP) is 6.47. The summed E-state index contributed by atoms with van der Waals surface area (Å²) >= 11 is 7.97. The zero-order chi connectivity index (χ0) is 19.8. The third-order valence-corrected chi connectivity index (χ3v) is 7.06. The zero-order valence-electron chi connectivity index (χ0n) is 16.5. The fourth-order valence-corrected chi connectivity index (χ4v) is 5.85. The lowest BCUT2D eigenvalue weighted by Crippen LogP contribution is -2.17. The van der Waals surface area contributed by atoms with Crippen molar-refractivity contribution in [2.45, 2.75) is 51.9 Å². The van der Waals surface area contributed by atoms with Crippen molar-refractivity contribution in [1.29, 1.82) is 0 Å². The highest BCUT2D eigenvalue weighted by atomic mass is 35.5. The summed E-state index contributed by atoms with van der Waals surface area (Å²) in [6, 6.07) is 7.95. The number of benzene rings is 1. The number of ether oxygens (including phenoxy) is 1. The van der Waals surface area contributed by atoms with Crippen LogP contribution in [0.25, 0.3) is 21.3 Å². The van der Waals surface area contributed by atoms with E-state index in [2.05, 4.69) is 19.1 Å². The van der Waals surface area contributed by atoms with Gasteiger partial charge in [0.15, 0.2) is 0 Å². The van der Waals surface area contributed by atoms with Crippen molar-refractivity contribution in [3.8, 4) is 11.1 Å². The van der Waals surface area contributed by atoms with E-state index in [4.69, 9.17) is 21.3 Å². The molecule has 0 amide bonds. The lowest BCUT2D eigenvalue weighted by Gasteiger charge is -2.22. The molecule has 146 valence electrons. The van der Waals surface area contributed by atoms with E-state index in [-0.39, 0.29) is 11.9 Å². The maximum absolute atomic E-state index is 12.7. The van der Waals surface area contributed by atoms with Gasteiger partial charge in [0, 0.05) is 21.0 Å². The van der Waals surface area contributed by atoms with Crippen molar-refractivity contribution in [3.63, 3.8) is 0 Å². The van der Waals surface area contributed by atoms with Gasteiger partial charge in [-0.2, -0.15) is 0 Å². The van der Waals surface area contributed by atoms with E-state index >= 15 is 0 Å². The molecule has 0 fully saturated rings. The van der Waals surface area contributed by atoms with E-state index in [0.717, 1.165) is 52.9 Å². The number of carbonyl (C=O) groups excluding carboxylic acids is 1. The molecule has 0 aliphatic heterocycles. The molecule has 3 nitrogen and oxygen atoms in total. The third-order valence-electron chi connectivity index (χ3n) is 5.63. The highest BCUT2D eigenvalue weighted by Crippen LogP contribution is 2.46. The number of methoxy groups -OCH3 is 1. The topological polar surface area (TPSA) is 39.2 Å². The molecule has 1 atom stereocenters. The second-order valence-corrected chi connectivity index (χ2v) is 8.91. The first-order valence-electron chi connectivity index (χ1n) is 9.83. The Morgan fingerprint density at radius 1 is 1.29 bits per heavy atom. The van der Waals surface area contributed by atoms with Crippen molar-refractivity contribution in [2.24, 2.45) is 0 Å². The first-order chi connectivity index (χ1) is 13.5. The molecule has 1 aliphatic carbocycles. The third kappa shape index (κ3) is 3.23. The SMILES string of the molecule is CCCC(C(=O)OC)c1c(C)nc2sc3c(c2c1-c1ccc(Cl)cc1)CCC3. The summed E-state index contributed by atoms with van der Waals surface area (Å²) in [5, 5.41) is 1.94. The first kappa shape index (κ1) is 19.4. The second kappa shape index (κ2) is 7.84. The summed E-state index contributed by atoms with van der Waals surface area (Å²) in [7, 11) is 1.47. The van der Waals surface area contributed by atoms with Gasteiger partial charge in [-0.15, -0.1) is 11.3 Å². The Labute approximate surface area is 174 Å². The molecule has 0 bridgehead atoms. The highest BCUT2D eigenvalue weighted by Gasteiger charge is 2.31. The molecule has 0 saturated carbocycles. The molecule has 1 unspecified atom stereocenters. The Hall–Kier alpha value is -1.91. The Morgan fingerprint density at radius 2 is 2.04 bits per heavy atom. The number of carbonyl (C=O) groups is 1. The second-order valence-electron chi connectivity index (χ2n) is 7.39. The summed E-state index contributed by atoms with van der Waals surface area (Å²) in [6.07, 6.45) is 5.04. The van der Waals surface area contributed by atoms with Crippen molar-refractivity contribution in [3.05, 3.63) is 51.0 Å². The number of nitrogens with zero attached hydrogens (tertiary/aromatic N) is 1. The molecule has 2 aromatic heterocycles. The molecule has 1 aliphatic rings. The van der Waals surface area contributed by atoms with Crippen LogP contribution in [0.4, 0.5) is 0 Å². The van der Waals surface area contributed by atoms with Crippen LogP contribution in [0.3, 0.4) is 0 Å². The van der Waals surface area contributed by atoms with E-state index < -0.39 is 0 Å². The van der Waals surface area contributed by atoms with Gasteiger partial charge in [-0.1, -0.05) is 37.1 Å². The number of pyridine rings is 1. The van der Waals surface area contributed by atoms with Crippen molar-refractivity contribution < 1.29 is 9.53 Å². The van der Waals surface area contributed by atoms with Crippen LogP contribution in [0.15, 0.2) is 24.3 Å². The Bertz CT molecular complexity index is 1040. The van der Waals surface area contributed by atoms with Gasteiger partial charge in [0.2, 0.25) is 0 Å². The lowest BCUT2D eigenvalue weighted by atomic mass is 9.84. The van der Waals surface area contributed by atoms with E-state index in [1.807, 2.05) is 30.4 Å². The number of fused-ring (bicyclic) bond motifs is 3. The van der Waals surface area contributed by atoms with E-state index in [0.29, 0.717) is 5.02 Å². The van der Waals surface area contributed by atoms with Crippen LogP contribution < -0.4 is 0 Å². The van der Waals surface area contributed by atoms with Gasteiger partial charge >= 0.3 is 5.97 Å². The van der Waals surface area contributed by atoms with Crippen LogP contribution in [0.2, 0.25) is 5.02 Å². The number of esters is 1. The number of hydrogen-bond acceptors (Lipinski definition) is 4. The molecule has 0 saturated heterocycles. The summed E-state index contributed by atoms with van der Waals surface area (Å²) < 4.78 is 5.19. The fourth-order valence-electron chi connectivity index (χ4n) is 4.41. The van der Waals surface area contributed by atoms with E-state index in [1.54, 1.807) is 0 Å². The number of hydrogen-bond donors (Lipinski definition) is 0. The summed E-state index contributed by atoms with van der Waals surface area (Å²) in [4.78, 5) is 20.2. The van der Waals surface area contributed by atoms with Gasteiger partial charge in [-0.3, -0.25) is 4.79 Å². The van der Waals surface area contributed by atoms with Gasteiger partial charge in [-0.05, 0) is 67.0 Å². The Balaban J connectivity index is 2.08. The Morgan fingerprint density at radius 3 is 2.71 bits per heavy atom. The largest absolute Gasteiger partial charge is 0.469 e. The monoisotopic (exact) mass is 413 g/mol.